The number of carbonyl (C=O) groups excluding carboxylic acids is 4. The number of benzene rings is 2. The molecule has 0 spiro atoms. The zero-order valence-corrected chi connectivity index (χ0v) is 30.3. The first-order valence-corrected chi connectivity index (χ1v) is 18.0. The minimum absolute atomic E-state index is 0.0178. The molecular weight excluding hydrogens is 636 g/mol. The minimum atomic E-state index is -1.00. The van der Waals surface area contributed by atoms with Gasteiger partial charge in [0, 0.05) is 57.0 Å². The van der Waals surface area contributed by atoms with Crippen LogP contribution in [0.15, 0.2) is 42.5 Å². The zero-order valence-electron chi connectivity index (χ0n) is 30.3. The Hall–Kier alpha value is -4.12. The van der Waals surface area contributed by atoms with Gasteiger partial charge in [-0.15, -0.1) is 0 Å². The summed E-state index contributed by atoms with van der Waals surface area (Å²) in [5, 5.41) is 3.23. The summed E-state index contributed by atoms with van der Waals surface area (Å²) >= 11 is 0. The largest absolute Gasteiger partial charge is 0.476 e. The highest BCUT2D eigenvalue weighted by Crippen LogP contribution is 2.42. The molecule has 50 heavy (non-hydrogen) atoms. The van der Waals surface area contributed by atoms with Crippen molar-refractivity contribution in [2.24, 2.45) is 11.8 Å². The van der Waals surface area contributed by atoms with Crippen LogP contribution in [0.2, 0.25) is 0 Å². The summed E-state index contributed by atoms with van der Waals surface area (Å²) in [7, 11) is 1.64. The predicted molar refractivity (Wildman–Crippen MR) is 191 cm³/mol. The van der Waals surface area contributed by atoms with Crippen molar-refractivity contribution in [3.63, 3.8) is 0 Å². The van der Waals surface area contributed by atoms with Crippen LogP contribution in [-0.4, -0.2) is 91.8 Å². The molecule has 4 aliphatic rings. The molecule has 6 rings (SSSR count). The fraction of sp³-hybridized carbons (Fsp3) is 0.590. The van der Waals surface area contributed by atoms with E-state index in [1.807, 2.05) is 51.1 Å². The fourth-order valence-corrected chi connectivity index (χ4v) is 7.42. The number of ether oxygens (including phenoxy) is 3. The van der Waals surface area contributed by atoms with E-state index in [1.165, 1.54) is 16.0 Å². The molecule has 0 unspecified atom stereocenters. The van der Waals surface area contributed by atoms with E-state index < -0.39 is 29.1 Å². The molecular formula is C39H52N4O7. The van der Waals surface area contributed by atoms with Crippen LogP contribution < -0.4 is 19.9 Å². The second-order valence-corrected chi connectivity index (χ2v) is 15.8. The SMILES string of the molecule is COCCCN1C(=O)C(C)(C)Oc2ccc(N(CC(=O)[C@@H]3C[C@H](C(=O)NC4Cc5ccccc5C4)CN(C(=O)OC(C)(C)C)C3)C3CC3)cc21. The maximum Gasteiger partial charge on any atom is 0.410 e. The molecule has 2 heterocycles. The molecule has 2 aliphatic heterocycles. The molecule has 0 radical (unpaired) electrons. The molecule has 2 fully saturated rings. The van der Waals surface area contributed by atoms with E-state index in [9.17, 15) is 19.2 Å². The Balaban J connectivity index is 1.20. The summed E-state index contributed by atoms with van der Waals surface area (Å²) in [5.74, 6) is -0.745. The van der Waals surface area contributed by atoms with Crippen molar-refractivity contribution >= 4 is 35.1 Å². The number of nitrogens with zero attached hydrogens (tertiary/aromatic N) is 3. The molecule has 11 heteroatoms. The van der Waals surface area contributed by atoms with Gasteiger partial charge in [-0.2, -0.15) is 0 Å². The summed E-state index contributed by atoms with van der Waals surface area (Å²) < 4.78 is 17.1. The van der Waals surface area contributed by atoms with Crippen molar-refractivity contribution in [2.45, 2.75) is 96.4 Å². The Morgan fingerprint density at radius 3 is 2.34 bits per heavy atom. The van der Waals surface area contributed by atoms with Crippen molar-refractivity contribution in [3.8, 4) is 5.75 Å². The Labute approximate surface area is 295 Å². The van der Waals surface area contributed by atoms with Gasteiger partial charge in [0.05, 0.1) is 18.2 Å². The van der Waals surface area contributed by atoms with Gasteiger partial charge in [0.2, 0.25) is 5.91 Å². The first-order chi connectivity index (χ1) is 23.7. The van der Waals surface area contributed by atoms with E-state index >= 15 is 0 Å². The minimum Gasteiger partial charge on any atom is -0.476 e. The number of piperidine rings is 1. The second kappa shape index (κ2) is 14.2. The summed E-state index contributed by atoms with van der Waals surface area (Å²) in [5.41, 5.74) is 2.28. The highest BCUT2D eigenvalue weighted by Gasteiger charge is 2.43. The van der Waals surface area contributed by atoms with Gasteiger partial charge in [0.15, 0.2) is 11.4 Å². The summed E-state index contributed by atoms with van der Waals surface area (Å²) in [6, 6.07) is 14.2. The number of carbonyl (C=O) groups is 4. The first kappa shape index (κ1) is 35.7. The van der Waals surface area contributed by atoms with Crippen LogP contribution in [-0.2, 0) is 36.7 Å². The van der Waals surface area contributed by atoms with E-state index in [0.717, 1.165) is 31.4 Å². The molecule has 1 saturated carbocycles. The average Bonchev–Trinajstić information content (AvgIpc) is 3.82. The lowest BCUT2D eigenvalue weighted by Crippen LogP contribution is -2.53. The lowest BCUT2D eigenvalue weighted by molar-refractivity contribution is -0.133. The van der Waals surface area contributed by atoms with Crippen LogP contribution in [0.5, 0.6) is 5.75 Å². The molecule has 3 amide bonds. The van der Waals surface area contributed by atoms with Crippen LogP contribution in [0.4, 0.5) is 16.2 Å². The van der Waals surface area contributed by atoms with Crippen LogP contribution in [0, 0.1) is 11.8 Å². The highest BCUT2D eigenvalue weighted by molar-refractivity contribution is 6.03. The van der Waals surface area contributed by atoms with Crippen molar-refractivity contribution < 1.29 is 33.4 Å². The van der Waals surface area contributed by atoms with Gasteiger partial charge in [-0.05, 0) is 102 Å². The average molecular weight is 689 g/mol. The van der Waals surface area contributed by atoms with E-state index in [4.69, 9.17) is 14.2 Å². The third kappa shape index (κ3) is 8.09. The van der Waals surface area contributed by atoms with Crippen LogP contribution in [0.1, 0.15) is 71.4 Å². The number of Topliss-reactive ketones (excluding diaryl/α,β-unsaturated/α-hetero) is 1. The van der Waals surface area contributed by atoms with Gasteiger partial charge in [-0.25, -0.2) is 4.79 Å². The molecule has 2 aromatic rings. The number of fused-ring (bicyclic) bond motifs is 2. The quantitative estimate of drug-likeness (QED) is 0.331. The molecule has 270 valence electrons. The molecule has 2 aromatic carbocycles. The zero-order chi connectivity index (χ0) is 35.8. The molecule has 0 aromatic heterocycles. The first-order valence-electron chi connectivity index (χ1n) is 18.0. The van der Waals surface area contributed by atoms with E-state index in [1.54, 1.807) is 25.9 Å². The molecule has 1 saturated heterocycles. The summed E-state index contributed by atoms with van der Waals surface area (Å²) in [4.78, 5) is 60.2. The van der Waals surface area contributed by atoms with Crippen molar-refractivity contribution in [1.82, 2.24) is 10.2 Å². The number of methoxy groups -OCH3 is 1. The molecule has 11 nitrogen and oxygen atoms in total. The third-order valence-corrected chi connectivity index (χ3v) is 10.1. The number of hydrogen-bond donors (Lipinski definition) is 1. The number of ketones is 1. The topological polar surface area (TPSA) is 118 Å². The van der Waals surface area contributed by atoms with Gasteiger partial charge >= 0.3 is 6.09 Å². The Morgan fingerprint density at radius 1 is 1.02 bits per heavy atom. The summed E-state index contributed by atoms with van der Waals surface area (Å²) in [6.45, 7) is 10.5. The van der Waals surface area contributed by atoms with Gasteiger partial charge < -0.3 is 34.2 Å². The monoisotopic (exact) mass is 688 g/mol. The smallest absolute Gasteiger partial charge is 0.410 e. The second-order valence-electron chi connectivity index (χ2n) is 15.8. The van der Waals surface area contributed by atoms with Crippen molar-refractivity contribution in [3.05, 3.63) is 53.6 Å². The van der Waals surface area contributed by atoms with E-state index in [2.05, 4.69) is 22.3 Å². The molecule has 2 aliphatic carbocycles. The molecule has 2 atom stereocenters. The van der Waals surface area contributed by atoms with Gasteiger partial charge in [-0.1, -0.05) is 24.3 Å². The van der Waals surface area contributed by atoms with Crippen LogP contribution in [0.3, 0.4) is 0 Å². The lowest BCUT2D eigenvalue weighted by atomic mass is 9.85. The Bertz CT molecular complexity index is 1590. The van der Waals surface area contributed by atoms with E-state index in [0.29, 0.717) is 37.4 Å². The van der Waals surface area contributed by atoms with E-state index in [-0.39, 0.29) is 49.3 Å². The molecule has 0 bridgehead atoms. The Morgan fingerprint density at radius 2 is 1.70 bits per heavy atom. The van der Waals surface area contributed by atoms with Gasteiger partial charge in [-0.3, -0.25) is 14.4 Å². The maximum absolute atomic E-state index is 14.2. The number of likely N-dealkylation sites (tertiary alicyclic amines) is 1. The molecule has 1 N–H and O–H groups in total. The van der Waals surface area contributed by atoms with Gasteiger partial charge in [0.25, 0.3) is 5.91 Å². The number of nitrogens with one attached hydrogen (secondary N) is 1. The van der Waals surface area contributed by atoms with Crippen molar-refractivity contribution in [1.29, 1.82) is 0 Å². The Kier molecular flexibility index (Phi) is 10.2. The fourth-order valence-electron chi connectivity index (χ4n) is 7.42. The maximum atomic E-state index is 14.2. The van der Waals surface area contributed by atoms with Crippen molar-refractivity contribution in [2.75, 3.05) is 49.7 Å². The lowest BCUT2D eigenvalue weighted by Gasteiger charge is -2.40. The number of anilines is 2. The normalized spacial score (nSPS) is 21.6. The number of amides is 3. The number of rotatable bonds is 11. The van der Waals surface area contributed by atoms with Gasteiger partial charge in [0.1, 0.15) is 11.4 Å². The standard InChI is InChI=1S/C39H52N4O7/c1-38(2,3)50-37(47)41-22-27(18-28(23-41)35(45)40-29-19-25-10-7-8-11-26(25)20-29)33(44)24-43(30-12-13-30)31-14-15-34-32(21-31)42(16-9-17-48-6)36(46)39(4,5)49-34/h7-8,10-11,14-15,21,27-30H,9,12-13,16-20,22-24H2,1-6H3,(H,40,45)/t27-,28+/m1/s1. The third-order valence-electron chi connectivity index (χ3n) is 10.1. The van der Waals surface area contributed by atoms with Crippen LogP contribution in [0.25, 0.3) is 0 Å². The van der Waals surface area contributed by atoms with Crippen LogP contribution >= 0.6 is 0 Å². The predicted octanol–water partition coefficient (Wildman–Crippen LogP) is 4.92. The summed E-state index contributed by atoms with van der Waals surface area (Å²) in [6.07, 6.45) is 3.95. The number of hydrogen-bond acceptors (Lipinski definition) is 8. The highest BCUT2D eigenvalue weighted by atomic mass is 16.6.